The number of amides is 1. The fraction of sp³-hybridized carbons (Fsp3) is 0.333. The molecule has 0 aliphatic rings. The maximum absolute atomic E-state index is 13.0. The summed E-state index contributed by atoms with van der Waals surface area (Å²) in [5, 5.41) is 0. The van der Waals surface area contributed by atoms with Gasteiger partial charge in [-0.1, -0.05) is 42.5 Å². The van der Waals surface area contributed by atoms with Gasteiger partial charge in [0.2, 0.25) is 5.91 Å². The van der Waals surface area contributed by atoms with Crippen LogP contribution in [0.3, 0.4) is 0 Å². The zero-order chi connectivity index (χ0) is 18.8. The van der Waals surface area contributed by atoms with Crippen molar-refractivity contribution < 1.29 is 18.7 Å². The van der Waals surface area contributed by atoms with E-state index in [-0.39, 0.29) is 24.1 Å². The molecule has 0 fully saturated rings. The zero-order valence-electron chi connectivity index (χ0n) is 15.0. The number of carbonyl (C=O) groups is 2. The summed E-state index contributed by atoms with van der Waals surface area (Å²) in [5.41, 5.74) is 2.05. The van der Waals surface area contributed by atoms with Gasteiger partial charge in [-0.05, 0) is 36.1 Å². The van der Waals surface area contributed by atoms with Gasteiger partial charge in [0, 0.05) is 19.5 Å². The van der Waals surface area contributed by atoms with Crippen LogP contribution in [0, 0.1) is 5.82 Å². The first-order valence-corrected chi connectivity index (χ1v) is 8.71. The maximum Gasteiger partial charge on any atom is 0.307 e. The third-order valence-electron chi connectivity index (χ3n) is 4.22. The Bertz CT molecular complexity index is 701. The van der Waals surface area contributed by atoms with Crippen molar-refractivity contribution >= 4 is 11.9 Å². The number of ether oxygens (including phenoxy) is 1. The van der Waals surface area contributed by atoms with Crippen LogP contribution < -0.4 is 0 Å². The van der Waals surface area contributed by atoms with E-state index in [1.807, 2.05) is 30.3 Å². The lowest BCUT2D eigenvalue weighted by Gasteiger charge is -2.22. The monoisotopic (exact) mass is 357 g/mol. The van der Waals surface area contributed by atoms with E-state index in [2.05, 4.69) is 4.74 Å². The van der Waals surface area contributed by atoms with E-state index < -0.39 is 0 Å². The van der Waals surface area contributed by atoms with Crippen molar-refractivity contribution in [3.05, 3.63) is 71.5 Å². The minimum atomic E-state index is -0.340. The van der Waals surface area contributed by atoms with Crippen LogP contribution in [0.5, 0.6) is 0 Å². The minimum Gasteiger partial charge on any atom is -0.469 e. The number of nitrogens with zero attached hydrogens (tertiary/aromatic N) is 1. The predicted molar refractivity (Wildman–Crippen MR) is 98.1 cm³/mol. The molecule has 0 heterocycles. The molecule has 138 valence electrons. The average molecular weight is 357 g/mol. The highest BCUT2D eigenvalue weighted by Gasteiger charge is 2.15. The van der Waals surface area contributed by atoms with Gasteiger partial charge < -0.3 is 9.64 Å². The Morgan fingerprint density at radius 1 is 0.885 bits per heavy atom. The van der Waals surface area contributed by atoms with Crippen LogP contribution in [-0.2, 0) is 27.2 Å². The van der Waals surface area contributed by atoms with Gasteiger partial charge in [0.15, 0.2) is 0 Å². The number of aryl methyl sites for hydroxylation is 1. The van der Waals surface area contributed by atoms with Gasteiger partial charge in [-0.15, -0.1) is 0 Å². The molecule has 26 heavy (non-hydrogen) atoms. The number of carbonyl (C=O) groups excluding carboxylic acids is 2. The Labute approximate surface area is 153 Å². The number of hydrogen-bond donors (Lipinski definition) is 0. The third kappa shape index (κ3) is 6.67. The molecule has 0 radical (unpaired) electrons. The summed E-state index contributed by atoms with van der Waals surface area (Å²) in [7, 11) is 1.34. The average Bonchev–Trinajstić information content (AvgIpc) is 2.68. The number of esters is 1. The predicted octanol–water partition coefficient (Wildman–Crippen LogP) is 3.39. The molecule has 4 nitrogen and oxygen atoms in total. The quantitative estimate of drug-likeness (QED) is 0.646. The molecule has 2 aromatic carbocycles. The molecule has 2 rings (SSSR count). The molecule has 1 amide bonds. The topological polar surface area (TPSA) is 46.6 Å². The van der Waals surface area contributed by atoms with E-state index in [9.17, 15) is 14.0 Å². The first-order chi connectivity index (χ1) is 12.6. The van der Waals surface area contributed by atoms with Crippen molar-refractivity contribution in [2.24, 2.45) is 0 Å². The first kappa shape index (κ1) is 19.6. The number of hydrogen-bond acceptors (Lipinski definition) is 3. The molecule has 0 unspecified atom stereocenters. The summed E-state index contributed by atoms with van der Waals surface area (Å²) in [6, 6.07) is 16.1. The SMILES string of the molecule is COC(=O)CCN(CCc1ccc(F)cc1)C(=O)CCc1ccccc1. The van der Waals surface area contributed by atoms with E-state index >= 15 is 0 Å². The highest BCUT2D eigenvalue weighted by molar-refractivity contribution is 5.77. The van der Waals surface area contributed by atoms with E-state index in [0.717, 1.165) is 11.1 Å². The fourth-order valence-corrected chi connectivity index (χ4v) is 2.66. The Morgan fingerprint density at radius 2 is 1.54 bits per heavy atom. The van der Waals surface area contributed by atoms with Crippen molar-refractivity contribution in [2.75, 3.05) is 20.2 Å². The van der Waals surface area contributed by atoms with E-state index in [1.165, 1.54) is 19.2 Å². The molecule has 0 aromatic heterocycles. The van der Waals surface area contributed by atoms with Crippen LogP contribution in [0.1, 0.15) is 24.0 Å². The van der Waals surface area contributed by atoms with Gasteiger partial charge in [-0.2, -0.15) is 0 Å². The summed E-state index contributed by atoms with van der Waals surface area (Å²) in [6.45, 7) is 0.803. The standard InChI is InChI=1S/C21H24FNO3/c1-26-21(25)14-16-23(15-13-18-7-10-19(22)11-8-18)20(24)12-9-17-5-3-2-4-6-17/h2-8,10-11H,9,12-16H2,1H3. The van der Waals surface area contributed by atoms with Crippen molar-refractivity contribution in [2.45, 2.75) is 25.7 Å². The second-order valence-electron chi connectivity index (χ2n) is 6.07. The summed E-state index contributed by atoms with van der Waals surface area (Å²) < 4.78 is 17.7. The van der Waals surface area contributed by atoms with E-state index in [1.54, 1.807) is 17.0 Å². The van der Waals surface area contributed by atoms with Crippen LogP contribution in [0.4, 0.5) is 4.39 Å². The molecular weight excluding hydrogens is 333 g/mol. The van der Waals surface area contributed by atoms with Crippen LogP contribution in [0.25, 0.3) is 0 Å². The Balaban J connectivity index is 1.93. The van der Waals surface area contributed by atoms with Gasteiger partial charge in [0.1, 0.15) is 5.82 Å². The molecule has 0 atom stereocenters. The molecule has 2 aromatic rings. The zero-order valence-corrected chi connectivity index (χ0v) is 15.0. The molecule has 5 heteroatoms. The van der Waals surface area contributed by atoms with Crippen LogP contribution in [0.15, 0.2) is 54.6 Å². The van der Waals surface area contributed by atoms with Crippen LogP contribution >= 0.6 is 0 Å². The van der Waals surface area contributed by atoms with E-state index in [4.69, 9.17) is 0 Å². The Morgan fingerprint density at radius 3 is 2.19 bits per heavy atom. The number of halogens is 1. The molecule has 0 bridgehead atoms. The molecule has 0 saturated carbocycles. The van der Waals surface area contributed by atoms with Crippen molar-refractivity contribution in [3.63, 3.8) is 0 Å². The van der Waals surface area contributed by atoms with Gasteiger partial charge >= 0.3 is 5.97 Å². The smallest absolute Gasteiger partial charge is 0.307 e. The summed E-state index contributed by atoms with van der Waals surface area (Å²) >= 11 is 0. The largest absolute Gasteiger partial charge is 0.469 e. The molecule has 0 N–H and O–H groups in total. The summed E-state index contributed by atoms with van der Waals surface area (Å²) in [4.78, 5) is 25.7. The Hall–Kier alpha value is -2.69. The van der Waals surface area contributed by atoms with Gasteiger partial charge in [-0.3, -0.25) is 9.59 Å². The van der Waals surface area contributed by atoms with Crippen molar-refractivity contribution in [3.8, 4) is 0 Å². The lowest BCUT2D eigenvalue weighted by Crippen LogP contribution is -2.35. The summed E-state index contributed by atoms with van der Waals surface area (Å²) in [5.74, 6) is -0.622. The van der Waals surface area contributed by atoms with Crippen molar-refractivity contribution in [1.29, 1.82) is 0 Å². The second kappa shape index (κ2) is 10.3. The number of methoxy groups -OCH3 is 1. The lowest BCUT2D eigenvalue weighted by molar-refractivity contribution is -0.141. The molecular formula is C21H24FNO3. The first-order valence-electron chi connectivity index (χ1n) is 8.71. The van der Waals surface area contributed by atoms with Crippen LogP contribution in [0.2, 0.25) is 0 Å². The molecule has 0 spiro atoms. The number of benzene rings is 2. The highest BCUT2D eigenvalue weighted by Crippen LogP contribution is 2.09. The Kier molecular flexibility index (Phi) is 7.80. The fourth-order valence-electron chi connectivity index (χ4n) is 2.66. The van der Waals surface area contributed by atoms with E-state index in [0.29, 0.717) is 32.4 Å². The minimum absolute atomic E-state index is 0.000122. The number of rotatable bonds is 9. The van der Waals surface area contributed by atoms with Gasteiger partial charge in [0.25, 0.3) is 0 Å². The third-order valence-corrected chi connectivity index (χ3v) is 4.22. The summed E-state index contributed by atoms with van der Waals surface area (Å²) in [6.07, 6.45) is 1.81. The molecule has 0 saturated heterocycles. The lowest BCUT2D eigenvalue weighted by atomic mass is 10.1. The molecule has 0 aliphatic carbocycles. The maximum atomic E-state index is 13.0. The second-order valence-corrected chi connectivity index (χ2v) is 6.07. The highest BCUT2D eigenvalue weighted by atomic mass is 19.1. The van der Waals surface area contributed by atoms with Gasteiger partial charge in [-0.25, -0.2) is 4.39 Å². The van der Waals surface area contributed by atoms with Crippen LogP contribution in [-0.4, -0.2) is 37.0 Å². The molecule has 0 aliphatic heterocycles. The van der Waals surface area contributed by atoms with Gasteiger partial charge in [0.05, 0.1) is 13.5 Å². The van der Waals surface area contributed by atoms with Crippen molar-refractivity contribution in [1.82, 2.24) is 4.90 Å². The normalized spacial score (nSPS) is 10.4.